The summed E-state index contributed by atoms with van der Waals surface area (Å²) in [6, 6.07) is 4.06. The van der Waals surface area contributed by atoms with Crippen molar-refractivity contribution in [2.75, 3.05) is 26.1 Å². The summed E-state index contributed by atoms with van der Waals surface area (Å²) >= 11 is 0. The van der Waals surface area contributed by atoms with E-state index in [4.69, 9.17) is 9.47 Å². The molecule has 8 nitrogen and oxygen atoms in total. The first-order valence-corrected chi connectivity index (χ1v) is 10.3. The van der Waals surface area contributed by atoms with E-state index in [2.05, 4.69) is 4.72 Å². The highest BCUT2D eigenvalue weighted by molar-refractivity contribution is 7.89. The standard InChI is InChI=1S/C13H20N2O6S2/c1-10(2)15(22(3,16)17)7-6-14-23(18,19)11-4-5-12-13(8-11)21-9-20-12/h4-5,8,10,14H,6-7,9H2,1-3H3. The van der Waals surface area contributed by atoms with Crippen LogP contribution in [-0.2, 0) is 20.0 Å². The number of nitrogens with zero attached hydrogens (tertiary/aromatic N) is 1. The van der Waals surface area contributed by atoms with Crippen LogP contribution in [0.15, 0.2) is 23.1 Å². The lowest BCUT2D eigenvalue weighted by Gasteiger charge is -2.23. The minimum Gasteiger partial charge on any atom is -0.454 e. The van der Waals surface area contributed by atoms with E-state index in [0.717, 1.165) is 6.26 Å². The predicted molar refractivity (Wildman–Crippen MR) is 84.4 cm³/mol. The van der Waals surface area contributed by atoms with E-state index in [-0.39, 0.29) is 30.8 Å². The van der Waals surface area contributed by atoms with Gasteiger partial charge in [-0.05, 0) is 26.0 Å². The van der Waals surface area contributed by atoms with Crippen LogP contribution in [0, 0.1) is 0 Å². The maximum atomic E-state index is 12.3. The van der Waals surface area contributed by atoms with Crippen molar-refractivity contribution in [1.29, 1.82) is 0 Å². The highest BCUT2D eigenvalue weighted by Crippen LogP contribution is 2.33. The molecule has 2 rings (SSSR count). The normalized spacial score (nSPS) is 14.7. The first-order chi connectivity index (χ1) is 10.6. The Kier molecular flexibility index (Phi) is 5.19. The number of ether oxygens (including phenoxy) is 2. The number of hydrogen-bond donors (Lipinski definition) is 1. The average molecular weight is 364 g/mol. The third kappa shape index (κ3) is 4.34. The van der Waals surface area contributed by atoms with E-state index in [0.29, 0.717) is 11.5 Å². The van der Waals surface area contributed by atoms with Crippen LogP contribution in [0.4, 0.5) is 0 Å². The third-order valence-electron chi connectivity index (χ3n) is 3.28. The van der Waals surface area contributed by atoms with Crippen molar-refractivity contribution in [2.45, 2.75) is 24.8 Å². The predicted octanol–water partition coefficient (Wildman–Crippen LogP) is 0.364. The van der Waals surface area contributed by atoms with Gasteiger partial charge in [0.1, 0.15) is 0 Å². The van der Waals surface area contributed by atoms with Crippen molar-refractivity contribution in [3.63, 3.8) is 0 Å². The SMILES string of the molecule is CC(C)N(CCNS(=O)(=O)c1ccc2c(c1)OCO2)S(C)(=O)=O. The summed E-state index contributed by atoms with van der Waals surface area (Å²) in [7, 11) is -7.15. The quantitative estimate of drug-likeness (QED) is 0.750. The molecule has 1 aromatic carbocycles. The van der Waals surface area contributed by atoms with Crippen molar-refractivity contribution in [1.82, 2.24) is 9.03 Å². The molecule has 23 heavy (non-hydrogen) atoms. The van der Waals surface area contributed by atoms with Crippen LogP contribution in [0.3, 0.4) is 0 Å². The van der Waals surface area contributed by atoms with Gasteiger partial charge in [-0.3, -0.25) is 0 Å². The molecule has 0 saturated carbocycles. The largest absolute Gasteiger partial charge is 0.454 e. The molecule has 0 fully saturated rings. The van der Waals surface area contributed by atoms with Crippen LogP contribution in [0.5, 0.6) is 11.5 Å². The molecule has 0 atom stereocenters. The molecular weight excluding hydrogens is 344 g/mol. The number of benzene rings is 1. The number of nitrogens with one attached hydrogen (secondary N) is 1. The molecule has 0 radical (unpaired) electrons. The molecule has 1 aromatic rings. The number of fused-ring (bicyclic) bond motifs is 1. The Labute approximate surface area is 136 Å². The Balaban J connectivity index is 2.04. The van der Waals surface area contributed by atoms with E-state index in [1.807, 2.05) is 0 Å². The van der Waals surface area contributed by atoms with Gasteiger partial charge >= 0.3 is 0 Å². The second-order valence-electron chi connectivity index (χ2n) is 5.38. The van der Waals surface area contributed by atoms with Gasteiger partial charge in [-0.2, -0.15) is 4.31 Å². The molecule has 0 saturated heterocycles. The Morgan fingerprint density at radius 2 is 1.83 bits per heavy atom. The van der Waals surface area contributed by atoms with E-state index in [1.165, 1.54) is 22.5 Å². The molecule has 0 amide bonds. The van der Waals surface area contributed by atoms with Crippen molar-refractivity contribution in [3.8, 4) is 11.5 Å². The number of hydrogen-bond acceptors (Lipinski definition) is 6. The van der Waals surface area contributed by atoms with Gasteiger partial charge in [0.15, 0.2) is 11.5 Å². The molecule has 1 heterocycles. The summed E-state index contributed by atoms with van der Waals surface area (Å²) in [5.41, 5.74) is 0. The lowest BCUT2D eigenvalue weighted by atomic mass is 10.3. The summed E-state index contributed by atoms with van der Waals surface area (Å²) in [4.78, 5) is 0.0391. The minimum atomic E-state index is -3.76. The summed E-state index contributed by atoms with van der Waals surface area (Å²) in [5, 5.41) is 0. The van der Waals surface area contributed by atoms with Gasteiger partial charge in [0.25, 0.3) is 0 Å². The van der Waals surface area contributed by atoms with Gasteiger partial charge in [-0.1, -0.05) is 0 Å². The molecule has 1 aliphatic rings. The lowest BCUT2D eigenvalue weighted by Crippen LogP contribution is -2.41. The van der Waals surface area contributed by atoms with Crippen LogP contribution in [0.1, 0.15) is 13.8 Å². The monoisotopic (exact) mass is 364 g/mol. The molecule has 0 aliphatic carbocycles. The Hall–Kier alpha value is -1.36. The zero-order valence-electron chi connectivity index (χ0n) is 13.1. The van der Waals surface area contributed by atoms with Crippen LogP contribution < -0.4 is 14.2 Å². The third-order valence-corrected chi connectivity index (χ3v) is 6.20. The van der Waals surface area contributed by atoms with Gasteiger partial charge in [0.05, 0.1) is 11.2 Å². The summed E-state index contributed by atoms with van der Waals surface area (Å²) in [5.74, 6) is 0.861. The van der Waals surface area contributed by atoms with Gasteiger partial charge in [0.2, 0.25) is 26.8 Å². The number of sulfonamides is 2. The minimum absolute atomic E-state index is 0.0258. The Morgan fingerprint density at radius 1 is 1.17 bits per heavy atom. The fourth-order valence-electron chi connectivity index (χ4n) is 2.22. The summed E-state index contributed by atoms with van der Waals surface area (Å²) in [6.07, 6.45) is 1.10. The average Bonchev–Trinajstić information content (AvgIpc) is 2.89. The van der Waals surface area contributed by atoms with Crippen molar-refractivity contribution < 1.29 is 26.3 Å². The Morgan fingerprint density at radius 3 is 2.43 bits per heavy atom. The molecular formula is C13H20N2O6S2. The van der Waals surface area contributed by atoms with Gasteiger partial charge < -0.3 is 9.47 Å². The molecule has 0 spiro atoms. The zero-order chi connectivity index (χ0) is 17.3. The summed E-state index contributed by atoms with van der Waals surface area (Å²) in [6.45, 7) is 3.55. The molecule has 1 aliphatic heterocycles. The molecule has 0 bridgehead atoms. The molecule has 1 N–H and O–H groups in total. The van der Waals surface area contributed by atoms with Crippen molar-refractivity contribution in [2.24, 2.45) is 0 Å². The molecule has 0 aromatic heterocycles. The smallest absolute Gasteiger partial charge is 0.240 e. The van der Waals surface area contributed by atoms with E-state index >= 15 is 0 Å². The lowest BCUT2D eigenvalue weighted by molar-refractivity contribution is 0.174. The molecule has 130 valence electrons. The fraction of sp³-hybridized carbons (Fsp3) is 0.538. The van der Waals surface area contributed by atoms with Gasteiger partial charge in [0, 0.05) is 25.2 Å². The molecule has 10 heteroatoms. The molecule has 0 unspecified atom stereocenters. The van der Waals surface area contributed by atoms with Crippen molar-refractivity contribution in [3.05, 3.63) is 18.2 Å². The van der Waals surface area contributed by atoms with Gasteiger partial charge in [-0.25, -0.2) is 21.6 Å². The highest BCUT2D eigenvalue weighted by atomic mass is 32.2. The van der Waals surface area contributed by atoms with E-state index in [9.17, 15) is 16.8 Å². The first-order valence-electron chi connectivity index (χ1n) is 6.97. The fourth-order valence-corrected chi connectivity index (χ4v) is 4.45. The summed E-state index contributed by atoms with van der Waals surface area (Å²) < 4.78 is 61.7. The second kappa shape index (κ2) is 6.63. The van der Waals surface area contributed by atoms with E-state index < -0.39 is 20.0 Å². The van der Waals surface area contributed by atoms with Crippen LogP contribution in [0.2, 0.25) is 0 Å². The van der Waals surface area contributed by atoms with Crippen LogP contribution >= 0.6 is 0 Å². The number of rotatable bonds is 7. The second-order valence-corrected chi connectivity index (χ2v) is 9.08. The first kappa shape index (κ1) is 18.0. The van der Waals surface area contributed by atoms with Crippen LogP contribution in [0.25, 0.3) is 0 Å². The zero-order valence-corrected chi connectivity index (χ0v) is 14.8. The maximum absolute atomic E-state index is 12.3. The van der Waals surface area contributed by atoms with Crippen LogP contribution in [-0.4, -0.2) is 53.3 Å². The van der Waals surface area contributed by atoms with Gasteiger partial charge in [-0.15, -0.1) is 0 Å². The van der Waals surface area contributed by atoms with E-state index in [1.54, 1.807) is 13.8 Å². The Bertz CT molecular complexity index is 774. The highest BCUT2D eigenvalue weighted by Gasteiger charge is 2.23. The van der Waals surface area contributed by atoms with Crippen molar-refractivity contribution >= 4 is 20.0 Å². The topological polar surface area (TPSA) is 102 Å². The maximum Gasteiger partial charge on any atom is 0.240 e.